The highest BCUT2D eigenvalue weighted by Crippen LogP contribution is 2.27. The molecule has 6 nitrogen and oxygen atoms in total. The van der Waals surface area contributed by atoms with E-state index in [-0.39, 0.29) is 11.8 Å². The van der Waals surface area contributed by atoms with Crippen molar-refractivity contribution in [3.63, 3.8) is 0 Å². The molecular formula is C18H28N2O4. The molecule has 0 heterocycles. The number of carbonyl (C=O) groups is 2. The molecule has 0 bridgehead atoms. The zero-order valence-electron chi connectivity index (χ0n) is 15.4. The summed E-state index contributed by atoms with van der Waals surface area (Å²) in [6.07, 6.45) is 0.659. The lowest BCUT2D eigenvalue weighted by molar-refractivity contribution is -0.133. The number of hydrogen-bond acceptors (Lipinski definition) is 4. The molecule has 0 saturated heterocycles. The van der Waals surface area contributed by atoms with Crippen molar-refractivity contribution in [2.45, 2.75) is 40.2 Å². The van der Waals surface area contributed by atoms with Crippen LogP contribution in [0.5, 0.6) is 11.5 Å². The summed E-state index contributed by atoms with van der Waals surface area (Å²) in [5, 5.41) is 5.54. The molecule has 1 rings (SSSR count). The van der Waals surface area contributed by atoms with Gasteiger partial charge in [0.1, 0.15) is 6.04 Å². The Bertz CT molecular complexity index is 579. The van der Waals surface area contributed by atoms with Gasteiger partial charge in [-0.15, -0.1) is 0 Å². The molecule has 0 aliphatic carbocycles. The van der Waals surface area contributed by atoms with Crippen LogP contribution < -0.4 is 20.1 Å². The summed E-state index contributed by atoms with van der Waals surface area (Å²) in [6, 6.07) is 5.08. The van der Waals surface area contributed by atoms with Gasteiger partial charge in [0.15, 0.2) is 11.5 Å². The van der Waals surface area contributed by atoms with E-state index in [4.69, 9.17) is 9.47 Å². The number of hydrogen-bond donors (Lipinski definition) is 2. The first-order chi connectivity index (χ1) is 11.2. The quantitative estimate of drug-likeness (QED) is 0.797. The molecule has 1 atom stereocenters. The summed E-state index contributed by atoms with van der Waals surface area (Å²) in [5.41, 5.74) is 0.508. The second kappa shape index (κ2) is 8.57. The van der Waals surface area contributed by atoms with E-state index in [2.05, 4.69) is 10.6 Å². The van der Waals surface area contributed by atoms with E-state index >= 15 is 0 Å². The smallest absolute Gasteiger partial charge is 0.242 e. The molecule has 1 aromatic carbocycles. The normalized spacial score (nSPS) is 12.2. The van der Waals surface area contributed by atoms with E-state index in [1.807, 2.05) is 39.0 Å². The fourth-order valence-electron chi connectivity index (χ4n) is 2.00. The fourth-order valence-corrected chi connectivity index (χ4v) is 2.00. The lowest BCUT2D eigenvalue weighted by atomic mass is 9.95. The number of nitrogens with one attached hydrogen (secondary N) is 2. The van der Waals surface area contributed by atoms with Gasteiger partial charge in [-0.1, -0.05) is 26.8 Å². The van der Waals surface area contributed by atoms with Crippen LogP contribution in [0, 0.1) is 5.41 Å². The SMILES string of the molecule is COc1ccc(CCNC(=O)C(C)NC(=O)C(C)(C)C)cc1OC. The Kier molecular flexibility index (Phi) is 7.07. The minimum Gasteiger partial charge on any atom is -0.493 e. The first kappa shape index (κ1) is 19.8. The molecule has 2 N–H and O–H groups in total. The molecule has 0 fully saturated rings. The maximum atomic E-state index is 12.0. The highest BCUT2D eigenvalue weighted by molar-refractivity contribution is 5.89. The van der Waals surface area contributed by atoms with Gasteiger partial charge in [-0.2, -0.15) is 0 Å². The van der Waals surface area contributed by atoms with Gasteiger partial charge in [-0.3, -0.25) is 9.59 Å². The van der Waals surface area contributed by atoms with Crippen molar-refractivity contribution in [1.29, 1.82) is 0 Å². The number of rotatable bonds is 7. The Hall–Kier alpha value is -2.24. The average molecular weight is 336 g/mol. The van der Waals surface area contributed by atoms with Crippen LogP contribution in [0.25, 0.3) is 0 Å². The number of methoxy groups -OCH3 is 2. The molecule has 0 spiro atoms. The van der Waals surface area contributed by atoms with Crippen LogP contribution in [-0.2, 0) is 16.0 Å². The third-order valence-corrected chi connectivity index (χ3v) is 3.58. The topological polar surface area (TPSA) is 76.7 Å². The number of benzene rings is 1. The zero-order chi connectivity index (χ0) is 18.3. The summed E-state index contributed by atoms with van der Waals surface area (Å²) in [5.74, 6) is 0.981. The van der Waals surface area contributed by atoms with E-state index in [0.29, 0.717) is 24.5 Å². The van der Waals surface area contributed by atoms with Crippen molar-refractivity contribution >= 4 is 11.8 Å². The maximum absolute atomic E-state index is 12.0. The Labute approximate surface area is 143 Å². The molecule has 0 aromatic heterocycles. The summed E-state index contributed by atoms with van der Waals surface area (Å²) >= 11 is 0. The zero-order valence-corrected chi connectivity index (χ0v) is 15.4. The Balaban J connectivity index is 2.49. The lowest BCUT2D eigenvalue weighted by Gasteiger charge is -2.21. The van der Waals surface area contributed by atoms with Crippen LogP contribution in [0.2, 0.25) is 0 Å². The molecule has 6 heteroatoms. The molecule has 0 saturated carbocycles. The van der Waals surface area contributed by atoms with Crippen molar-refractivity contribution < 1.29 is 19.1 Å². The summed E-state index contributed by atoms with van der Waals surface area (Å²) in [6.45, 7) is 7.58. The highest BCUT2D eigenvalue weighted by Gasteiger charge is 2.24. The number of carbonyl (C=O) groups excluding carboxylic acids is 2. The third kappa shape index (κ3) is 5.76. The van der Waals surface area contributed by atoms with E-state index < -0.39 is 11.5 Å². The van der Waals surface area contributed by atoms with Crippen LogP contribution in [0.15, 0.2) is 18.2 Å². The number of ether oxygens (including phenoxy) is 2. The van der Waals surface area contributed by atoms with Crippen molar-refractivity contribution in [3.05, 3.63) is 23.8 Å². The van der Waals surface area contributed by atoms with Crippen LogP contribution >= 0.6 is 0 Å². The summed E-state index contributed by atoms with van der Waals surface area (Å²) < 4.78 is 10.5. The summed E-state index contributed by atoms with van der Waals surface area (Å²) in [7, 11) is 3.17. The van der Waals surface area contributed by atoms with Gasteiger partial charge in [0.05, 0.1) is 14.2 Å². The Morgan fingerprint density at radius 1 is 1.12 bits per heavy atom. The highest BCUT2D eigenvalue weighted by atomic mass is 16.5. The molecule has 0 radical (unpaired) electrons. The largest absolute Gasteiger partial charge is 0.493 e. The van der Waals surface area contributed by atoms with Crippen LogP contribution in [0.1, 0.15) is 33.3 Å². The van der Waals surface area contributed by atoms with Crippen molar-refractivity contribution in [1.82, 2.24) is 10.6 Å². The molecule has 134 valence electrons. The van der Waals surface area contributed by atoms with Crippen LogP contribution in [-0.4, -0.2) is 38.6 Å². The fraction of sp³-hybridized carbons (Fsp3) is 0.556. The van der Waals surface area contributed by atoms with E-state index in [1.54, 1.807) is 21.1 Å². The third-order valence-electron chi connectivity index (χ3n) is 3.58. The number of amides is 2. The summed E-state index contributed by atoms with van der Waals surface area (Å²) in [4.78, 5) is 23.9. The van der Waals surface area contributed by atoms with E-state index in [0.717, 1.165) is 5.56 Å². The van der Waals surface area contributed by atoms with Crippen LogP contribution in [0.4, 0.5) is 0 Å². The second-order valence-electron chi connectivity index (χ2n) is 6.68. The van der Waals surface area contributed by atoms with Crippen molar-refractivity contribution in [3.8, 4) is 11.5 Å². The molecule has 1 aromatic rings. The minimum atomic E-state index is -0.567. The van der Waals surface area contributed by atoms with Crippen molar-refractivity contribution in [2.75, 3.05) is 20.8 Å². The van der Waals surface area contributed by atoms with E-state index in [1.165, 1.54) is 0 Å². The molecular weight excluding hydrogens is 308 g/mol. The first-order valence-corrected chi connectivity index (χ1v) is 7.98. The van der Waals surface area contributed by atoms with Gasteiger partial charge in [-0.05, 0) is 31.0 Å². The Morgan fingerprint density at radius 2 is 1.75 bits per heavy atom. The molecule has 0 aliphatic heterocycles. The predicted molar refractivity (Wildman–Crippen MR) is 93.3 cm³/mol. The molecule has 2 amide bonds. The van der Waals surface area contributed by atoms with Crippen LogP contribution in [0.3, 0.4) is 0 Å². The van der Waals surface area contributed by atoms with E-state index in [9.17, 15) is 9.59 Å². The first-order valence-electron chi connectivity index (χ1n) is 7.98. The Morgan fingerprint density at radius 3 is 2.29 bits per heavy atom. The average Bonchev–Trinajstić information content (AvgIpc) is 2.53. The molecule has 1 unspecified atom stereocenters. The predicted octanol–water partition coefficient (Wildman–Crippen LogP) is 1.91. The van der Waals surface area contributed by atoms with Crippen molar-refractivity contribution in [2.24, 2.45) is 5.41 Å². The molecule has 24 heavy (non-hydrogen) atoms. The van der Waals surface area contributed by atoms with Gasteiger partial charge < -0.3 is 20.1 Å². The lowest BCUT2D eigenvalue weighted by Crippen LogP contribution is -2.48. The monoisotopic (exact) mass is 336 g/mol. The standard InChI is InChI=1S/C18H28N2O4/c1-12(20-17(22)18(2,3)4)16(21)19-10-9-13-7-8-14(23-5)15(11-13)24-6/h7-8,11-12H,9-10H2,1-6H3,(H,19,21)(H,20,22). The minimum absolute atomic E-state index is 0.148. The van der Waals surface area contributed by atoms with Gasteiger partial charge in [0.2, 0.25) is 11.8 Å². The van der Waals surface area contributed by atoms with Gasteiger partial charge in [-0.25, -0.2) is 0 Å². The maximum Gasteiger partial charge on any atom is 0.242 e. The van der Waals surface area contributed by atoms with Gasteiger partial charge in [0.25, 0.3) is 0 Å². The second-order valence-corrected chi connectivity index (χ2v) is 6.68. The van der Waals surface area contributed by atoms with Gasteiger partial charge >= 0.3 is 0 Å². The van der Waals surface area contributed by atoms with Gasteiger partial charge in [0, 0.05) is 12.0 Å². The molecule has 0 aliphatic rings.